The predicted octanol–water partition coefficient (Wildman–Crippen LogP) is 0.986. The van der Waals surface area contributed by atoms with Gasteiger partial charge in [-0.15, -0.1) is 0 Å². The van der Waals surface area contributed by atoms with Gasteiger partial charge in [0.2, 0.25) is 5.91 Å². The number of hydrogen-bond acceptors (Lipinski definition) is 5. The van der Waals surface area contributed by atoms with Crippen molar-refractivity contribution in [3.63, 3.8) is 0 Å². The summed E-state index contributed by atoms with van der Waals surface area (Å²) < 4.78 is 7.64. The monoisotopic (exact) mass is 331 g/mol. The molecule has 1 fully saturated rings. The van der Waals surface area contributed by atoms with Gasteiger partial charge >= 0.3 is 0 Å². The summed E-state index contributed by atoms with van der Waals surface area (Å²) in [5.74, 6) is 0.124. The Morgan fingerprint density at radius 1 is 1.46 bits per heavy atom. The summed E-state index contributed by atoms with van der Waals surface area (Å²) in [6.45, 7) is 8.78. The van der Waals surface area contributed by atoms with Crippen LogP contribution in [0.15, 0.2) is 6.07 Å². The van der Waals surface area contributed by atoms with Crippen molar-refractivity contribution in [2.24, 2.45) is 0 Å². The fourth-order valence-electron chi connectivity index (χ4n) is 3.39. The average molecular weight is 331 g/mol. The molecule has 1 aromatic rings. The van der Waals surface area contributed by atoms with E-state index in [9.17, 15) is 4.79 Å². The average Bonchev–Trinajstić information content (AvgIpc) is 2.85. The quantitative estimate of drug-likeness (QED) is 0.825. The van der Waals surface area contributed by atoms with Gasteiger partial charge in [-0.25, -0.2) is 0 Å². The molecule has 130 valence electrons. The number of morpholine rings is 1. The highest BCUT2D eigenvalue weighted by Gasteiger charge is 2.27. The lowest BCUT2D eigenvalue weighted by molar-refractivity contribution is -0.137. The molecule has 3 rings (SSSR count). The normalized spacial score (nSPS) is 22.1. The summed E-state index contributed by atoms with van der Waals surface area (Å²) in [6, 6.07) is 4.33. The van der Waals surface area contributed by atoms with E-state index in [1.165, 1.54) is 0 Å². The van der Waals surface area contributed by atoms with Crippen molar-refractivity contribution in [3.8, 4) is 6.07 Å². The Kier molecular flexibility index (Phi) is 5.17. The summed E-state index contributed by atoms with van der Waals surface area (Å²) in [7, 11) is 0. The fraction of sp³-hybridized carbons (Fsp3) is 0.706. The molecule has 1 saturated heterocycles. The van der Waals surface area contributed by atoms with Gasteiger partial charge in [0.15, 0.2) is 5.69 Å². The molecule has 0 spiro atoms. The number of amides is 1. The highest BCUT2D eigenvalue weighted by Crippen LogP contribution is 2.17. The van der Waals surface area contributed by atoms with Crippen LogP contribution in [-0.2, 0) is 22.6 Å². The number of rotatable bonds is 3. The molecule has 1 atom stereocenters. The maximum atomic E-state index is 12.7. The maximum Gasteiger partial charge on any atom is 0.225 e. The zero-order valence-electron chi connectivity index (χ0n) is 14.4. The van der Waals surface area contributed by atoms with Crippen molar-refractivity contribution in [2.45, 2.75) is 51.9 Å². The van der Waals surface area contributed by atoms with Crippen molar-refractivity contribution in [1.82, 2.24) is 19.6 Å². The van der Waals surface area contributed by atoms with Gasteiger partial charge in [-0.1, -0.05) is 0 Å². The first-order valence-corrected chi connectivity index (χ1v) is 8.67. The van der Waals surface area contributed by atoms with Gasteiger partial charge in [0.1, 0.15) is 6.07 Å². The lowest BCUT2D eigenvalue weighted by atomic mass is 10.1. The van der Waals surface area contributed by atoms with Gasteiger partial charge in [-0.2, -0.15) is 10.4 Å². The van der Waals surface area contributed by atoms with Gasteiger partial charge in [0, 0.05) is 32.2 Å². The molecule has 0 saturated carbocycles. The molecule has 7 heteroatoms. The Morgan fingerprint density at radius 2 is 2.29 bits per heavy atom. The first kappa shape index (κ1) is 16.9. The minimum atomic E-state index is -0.0310. The second-order valence-corrected chi connectivity index (χ2v) is 6.81. The van der Waals surface area contributed by atoms with E-state index in [0.29, 0.717) is 31.3 Å². The molecule has 2 aliphatic rings. The van der Waals surface area contributed by atoms with Crippen LogP contribution in [-0.4, -0.2) is 63.9 Å². The van der Waals surface area contributed by atoms with E-state index in [2.05, 4.69) is 29.9 Å². The Hall–Kier alpha value is -1.91. The number of fused-ring (bicyclic) bond motifs is 1. The van der Waals surface area contributed by atoms with Crippen LogP contribution in [0, 0.1) is 11.3 Å². The van der Waals surface area contributed by atoms with Crippen LogP contribution in [0.3, 0.4) is 0 Å². The fourth-order valence-corrected chi connectivity index (χ4v) is 3.39. The molecule has 1 aromatic heterocycles. The standard InChI is InChI=1S/C17H25N5O2/c1-13(2)20-6-7-24-16(12-20)9-17(23)21-4-3-5-22-15(11-21)8-14(10-18)19-22/h8,13,16H,3-7,9,11-12H2,1-2H3/t16-/m0/s1. The first-order chi connectivity index (χ1) is 11.6. The lowest BCUT2D eigenvalue weighted by Crippen LogP contribution is -2.47. The predicted molar refractivity (Wildman–Crippen MR) is 88.0 cm³/mol. The summed E-state index contributed by atoms with van der Waals surface area (Å²) in [6.07, 6.45) is 1.24. The molecule has 7 nitrogen and oxygen atoms in total. The number of carbonyl (C=O) groups is 1. The highest BCUT2D eigenvalue weighted by molar-refractivity contribution is 5.76. The third-order valence-corrected chi connectivity index (χ3v) is 4.78. The minimum Gasteiger partial charge on any atom is -0.375 e. The van der Waals surface area contributed by atoms with E-state index in [1.54, 1.807) is 6.07 Å². The number of hydrogen-bond donors (Lipinski definition) is 0. The van der Waals surface area contributed by atoms with E-state index in [4.69, 9.17) is 10.00 Å². The number of carbonyl (C=O) groups excluding carboxylic acids is 1. The molecule has 24 heavy (non-hydrogen) atoms. The number of nitrogens with zero attached hydrogens (tertiary/aromatic N) is 5. The molecule has 0 bridgehead atoms. The molecule has 0 aliphatic carbocycles. The second kappa shape index (κ2) is 7.32. The largest absolute Gasteiger partial charge is 0.375 e. The molecule has 0 N–H and O–H groups in total. The molecule has 2 aliphatic heterocycles. The van der Waals surface area contributed by atoms with Crippen LogP contribution < -0.4 is 0 Å². The summed E-state index contributed by atoms with van der Waals surface area (Å²) in [5.41, 5.74) is 1.35. The van der Waals surface area contributed by atoms with Crippen LogP contribution >= 0.6 is 0 Å². The van der Waals surface area contributed by atoms with Gasteiger partial charge in [0.25, 0.3) is 0 Å². The lowest BCUT2D eigenvalue weighted by Gasteiger charge is -2.36. The van der Waals surface area contributed by atoms with Gasteiger partial charge in [-0.05, 0) is 26.3 Å². The number of aryl methyl sites for hydroxylation is 1. The van der Waals surface area contributed by atoms with Crippen molar-refractivity contribution in [2.75, 3.05) is 26.2 Å². The topological polar surface area (TPSA) is 74.4 Å². The van der Waals surface area contributed by atoms with Crippen molar-refractivity contribution in [1.29, 1.82) is 5.26 Å². The van der Waals surface area contributed by atoms with Crippen LogP contribution in [0.4, 0.5) is 0 Å². The maximum absolute atomic E-state index is 12.7. The number of ether oxygens (including phenoxy) is 1. The van der Waals surface area contributed by atoms with Gasteiger partial charge in [-0.3, -0.25) is 14.4 Å². The third kappa shape index (κ3) is 3.77. The zero-order valence-corrected chi connectivity index (χ0v) is 14.4. The molecule has 0 aromatic carbocycles. The Morgan fingerprint density at radius 3 is 3.04 bits per heavy atom. The molecule has 0 radical (unpaired) electrons. The summed E-state index contributed by atoms with van der Waals surface area (Å²) in [4.78, 5) is 16.9. The molecular weight excluding hydrogens is 306 g/mol. The van der Waals surface area contributed by atoms with Crippen LogP contribution in [0.25, 0.3) is 0 Å². The number of aromatic nitrogens is 2. The molecule has 3 heterocycles. The SMILES string of the molecule is CC(C)N1CCO[C@@H](CC(=O)N2CCCn3nc(C#N)cc3C2)C1. The minimum absolute atomic E-state index is 0.0310. The van der Waals surface area contributed by atoms with Crippen LogP contribution in [0.5, 0.6) is 0 Å². The van der Waals surface area contributed by atoms with Crippen LogP contribution in [0.1, 0.15) is 38.1 Å². The highest BCUT2D eigenvalue weighted by atomic mass is 16.5. The zero-order chi connectivity index (χ0) is 17.1. The van der Waals surface area contributed by atoms with E-state index in [-0.39, 0.29) is 12.0 Å². The Balaban J connectivity index is 1.61. The summed E-state index contributed by atoms with van der Waals surface area (Å²) in [5, 5.41) is 13.2. The van der Waals surface area contributed by atoms with E-state index >= 15 is 0 Å². The van der Waals surface area contributed by atoms with Crippen molar-refractivity contribution < 1.29 is 9.53 Å². The van der Waals surface area contributed by atoms with E-state index < -0.39 is 0 Å². The van der Waals surface area contributed by atoms with Crippen molar-refractivity contribution in [3.05, 3.63) is 17.5 Å². The first-order valence-electron chi connectivity index (χ1n) is 8.67. The second-order valence-electron chi connectivity index (χ2n) is 6.81. The summed E-state index contributed by atoms with van der Waals surface area (Å²) >= 11 is 0. The van der Waals surface area contributed by atoms with Crippen molar-refractivity contribution >= 4 is 5.91 Å². The third-order valence-electron chi connectivity index (χ3n) is 4.78. The van der Waals surface area contributed by atoms with Crippen LogP contribution in [0.2, 0.25) is 0 Å². The molecular formula is C17H25N5O2. The molecule has 0 unspecified atom stereocenters. The van der Waals surface area contributed by atoms with Gasteiger partial charge < -0.3 is 9.64 Å². The smallest absolute Gasteiger partial charge is 0.225 e. The number of nitriles is 1. The van der Waals surface area contributed by atoms with E-state index in [1.807, 2.05) is 9.58 Å². The Bertz CT molecular complexity index is 633. The van der Waals surface area contributed by atoms with Gasteiger partial charge in [0.05, 0.1) is 31.4 Å². The molecule has 1 amide bonds. The Labute approximate surface area is 142 Å². The van der Waals surface area contributed by atoms with E-state index in [0.717, 1.165) is 38.3 Å².